The first-order chi connectivity index (χ1) is 14.2. The molecule has 0 bridgehead atoms. The Bertz CT molecular complexity index is 1170. The lowest BCUT2D eigenvalue weighted by Crippen LogP contribution is -2.10. The second kappa shape index (κ2) is 8.50. The Labute approximate surface area is 169 Å². The van der Waals surface area contributed by atoms with Crippen LogP contribution in [0.15, 0.2) is 60.9 Å². The number of hydrogen-bond acceptors (Lipinski definition) is 6. The number of aromatic nitrogens is 5. The molecule has 0 saturated heterocycles. The van der Waals surface area contributed by atoms with Crippen LogP contribution in [0.3, 0.4) is 0 Å². The van der Waals surface area contributed by atoms with Gasteiger partial charge in [-0.25, -0.2) is 0 Å². The van der Waals surface area contributed by atoms with Crippen molar-refractivity contribution >= 4 is 5.65 Å². The molecule has 0 atom stereocenters. The minimum atomic E-state index is 0.221. The lowest BCUT2D eigenvalue weighted by Gasteiger charge is -2.07. The quantitative estimate of drug-likeness (QED) is 0.493. The molecule has 0 radical (unpaired) electrons. The van der Waals surface area contributed by atoms with E-state index in [1.807, 2.05) is 61.5 Å². The minimum absolute atomic E-state index is 0.221. The topological polar surface area (TPSA) is 68.4 Å². The summed E-state index contributed by atoms with van der Waals surface area (Å²) in [5.41, 5.74) is 3.28. The first kappa shape index (κ1) is 18.6. The van der Waals surface area contributed by atoms with Gasteiger partial charge in [-0.2, -0.15) is 9.61 Å². The molecule has 3 aromatic heterocycles. The van der Waals surface area contributed by atoms with Crippen molar-refractivity contribution in [2.24, 2.45) is 0 Å². The lowest BCUT2D eigenvalue weighted by molar-refractivity contribution is 0.291. The number of pyridine rings is 1. The second-order valence-electron chi connectivity index (χ2n) is 6.67. The third-order valence-electron chi connectivity index (χ3n) is 4.15. The smallest absolute Gasteiger partial charge is 0.192 e. The van der Waals surface area contributed by atoms with Gasteiger partial charge in [-0.05, 0) is 32.3 Å². The van der Waals surface area contributed by atoms with Gasteiger partial charge < -0.3 is 4.74 Å². The molecule has 144 valence electrons. The van der Waals surface area contributed by atoms with Crippen molar-refractivity contribution < 1.29 is 4.74 Å². The van der Waals surface area contributed by atoms with E-state index in [1.54, 1.807) is 23.0 Å². The van der Waals surface area contributed by atoms with Gasteiger partial charge in [0.2, 0.25) is 0 Å². The van der Waals surface area contributed by atoms with Gasteiger partial charge in [-0.3, -0.25) is 9.88 Å². The largest absolute Gasteiger partial charge is 0.484 e. The molecule has 0 N–H and O–H groups in total. The fourth-order valence-corrected chi connectivity index (χ4v) is 2.72. The van der Waals surface area contributed by atoms with Crippen LogP contribution in [-0.4, -0.2) is 50.3 Å². The van der Waals surface area contributed by atoms with E-state index in [9.17, 15) is 0 Å². The fourth-order valence-electron chi connectivity index (χ4n) is 2.72. The highest BCUT2D eigenvalue weighted by molar-refractivity contribution is 5.59. The zero-order valence-electron chi connectivity index (χ0n) is 16.3. The average molecular weight is 384 g/mol. The molecule has 0 unspecified atom stereocenters. The van der Waals surface area contributed by atoms with E-state index in [1.165, 1.54) is 0 Å². The van der Waals surface area contributed by atoms with Crippen LogP contribution in [0.1, 0.15) is 11.4 Å². The Balaban J connectivity index is 1.57. The van der Waals surface area contributed by atoms with Crippen LogP contribution in [0.5, 0.6) is 5.75 Å². The summed E-state index contributed by atoms with van der Waals surface area (Å²) < 4.78 is 7.68. The minimum Gasteiger partial charge on any atom is -0.484 e. The van der Waals surface area contributed by atoms with Crippen molar-refractivity contribution in [1.82, 2.24) is 29.7 Å². The summed E-state index contributed by atoms with van der Waals surface area (Å²) in [6.07, 6.45) is 3.38. The van der Waals surface area contributed by atoms with Crippen molar-refractivity contribution in [2.45, 2.75) is 6.61 Å². The van der Waals surface area contributed by atoms with Crippen LogP contribution in [-0.2, 0) is 6.61 Å². The van der Waals surface area contributed by atoms with Gasteiger partial charge in [0.25, 0.3) is 0 Å². The summed E-state index contributed by atoms with van der Waals surface area (Å²) in [6.45, 7) is 0.883. The number of hydrogen-bond donors (Lipinski definition) is 0. The van der Waals surface area contributed by atoms with E-state index in [-0.39, 0.29) is 6.61 Å². The molecule has 0 fully saturated rings. The van der Waals surface area contributed by atoms with E-state index in [0.29, 0.717) is 23.8 Å². The molecule has 4 aromatic rings. The van der Waals surface area contributed by atoms with Crippen LogP contribution in [0, 0.1) is 11.8 Å². The molecule has 0 aliphatic heterocycles. The SMILES string of the molecule is CN(C)CC#Cc1cnccc1OCc1nnc2ccc(-c3ccccc3)nn12. The molecule has 7 nitrogen and oxygen atoms in total. The van der Waals surface area contributed by atoms with E-state index < -0.39 is 0 Å². The fraction of sp³-hybridized carbons (Fsp3) is 0.182. The maximum atomic E-state index is 5.97. The van der Waals surface area contributed by atoms with Gasteiger partial charge in [0.05, 0.1) is 17.8 Å². The van der Waals surface area contributed by atoms with Crippen molar-refractivity contribution in [1.29, 1.82) is 0 Å². The van der Waals surface area contributed by atoms with E-state index in [4.69, 9.17) is 4.74 Å². The van der Waals surface area contributed by atoms with Crippen molar-refractivity contribution in [2.75, 3.05) is 20.6 Å². The highest BCUT2D eigenvalue weighted by atomic mass is 16.5. The molecule has 7 heteroatoms. The van der Waals surface area contributed by atoms with Gasteiger partial charge in [0.15, 0.2) is 11.5 Å². The summed E-state index contributed by atoms with van der Waals surface area (Å²) in [7, 11) is 3.95. The normalized spacial score (nSPS) is 10.7. The summed E-state index contributed by atoms with van der Waals surface area (Å²) >= 11 is 0. The third kappa shape index (κ3) is 4.39. The molecule has 3 heterocycles. The molecular weight excluding hydrogens is 364 g/mol. The average Bonchev–Trinajstić information content (AvgIpc) is 3.15. The van der Waals surface area contributed by atoms with E-state index in [2.05, 4.69) is 32.1 Å². The highest BCUT2D eigenvalue weighted by Crippen LogP contribution is 2.19. The molecule has 0 saturated carbocycles. The zero-order chi connectivity index (χ0) is 20.1. The highest BCUT2D eigenvalue weighted by Gasteiger charge is 2.10. The maximum absolute atomic E-state index is 5.97. The predicted molar refractivity (Wildman–Crippen MR) is 110 cm³/mol. The Hall–Kier alpha value is -3.76. The number of fused-ring (bicyclic) bond motifs is 1. The Morgan fingerprint density at radius 1 is 1.03 bits per heavy atom. The summed E-state index contributed by atoms with van der Waals surface area (Å²) in [5.74, 6) is 7.47. The summed E-state index contributed by atoms with van der Waals surface area (Å²) in [4.78, 5) is 6.14. The summed E-state index contributed by atoms with van der Waals surface area (Å²) in [6, 6.07) is 15.6. The van der Waals surface area contributed by atoms with Gasteiger partial charge in [0, 0.05) is 18.0 Å². The molecule has 0 aliphatic carbocycles. The molecule has 0 amide bonds. The first-order valence-electron chi connectivity index (χ1n) is 9.18. The Kier molecular flexibility index (Phi) is 5.45. The molecule has 0 aliphatic rings. The first-order valence-corrected chi connectivity index (χ1v) is 9.18. The van der Waals surface area contributed by atoms with Crippen LogP contribution < -0.4 is 4.74 Å². The van der Waals surface area contributed by atoms with E-state index in [0.717, 1.165) is 16.8 Å². The number of ether oxygens (including phenoxy) is 1. The van der Waals surface area contributed by atoms with Gasteiger partial charge in [-0.15, -0.1) is 10.2 Å². The molecule has 29 heavy (non-hydrogen) atoms. The zero-order valence-corrected chi connectivity index (χ0v) is 16.3. The van der Waals surface area contributed by atoms with Gasteiger partial charge in [-0.1, -0.05) is 42.2 Å². The Morgan fingerprint density at radius 2 is 1.90 bits per heavy atom. The van der Waals surface area contributed by atoms with Gasteiger partial charge in [0.1, 0.15) is 12.4 Å². The van der Waals surface area contributed by atoms with Gasteiger partial charge >= 0.3 is 0 Å². The van der Waals surface area contributed by atoms with Crippen LogP contribution >= 0.6 is 0 Å². The van der Waals surface area contributed by atoms with Crippen molar-refractivity contribution in [3.8, 4) is 28.8 Å². The van der Waals surface area contributed by atoms with Crippen LogP contribution in [0.4, 0.5) is 0 Å². The van der Waals surface area contributed by atoms with Crippen LogP contribution in [0.25, 0.3) is 16.9 Å². The van der Waals surface area contributed by atoms with E-state index >= 15 is 0 Å². The third-order valence-corrected chi connectivity index (χ3v) is 4.15. The summed E-state index contributed by atoms with van der Waals surface area (Å²) in [5, 5.41) is 13.1. The number of benzene rings is 1. The number of rotatable bonds is 5. The lowest BCUT2D eigenvalue weighted by atomic mass is 10.1. The predicted octanol–water partition coefficient (Wildman–Crippen LogP) is 2.68. The maximum Gasteiger partial charge on any atom is 0.192 e. The Morgan fingerprint density at radius 3 is 2.72 bits per heavy atom. The molecule has 4 rings (SSSR count). The molecule has 1 aromatic carbocycles. The molecule has 0 spiro atoms. The molecular formula is C22H20N6O. The van der Waals surface area contributed by atoms with Crippen LogP contribution in [0.2, 0.25) is 0 Å². The standard InChI is InChI=1S/C22H20N6O/c1-27(2)14-6-9-18-15-23-13-12-20(18)29-16-22-25-24-21-11-10-19(26-28(21)22)17-7-4-3-5-8-17/h3-5,7-8,10-13,15H,14,16H2,1-2H3. The second-order valence-corrected chi connectivity index (χ2v) is 6.67. The number of nitrogens with zero attached hydrogens (tertiary/aromatic N) is 6. The van der Waals surface area contributed by atoms with Crippen molar-refractivity contribution in [3.63, 3.8) is 0 Å². The van der Waals surface area contributed by atoms with Crippen molar-refractivity contribution in [3.05, 3.63) is 72.3 Å². The monoisotopic (exact) mass is 384 g/mol.